The van der Waals surface area contributed by atoms with Crippen molar-refractivity contribution in [3.05, 3.63) is 22.8 Å². The Morgan fingerprint density at radius 3 is 1.50 bits per heavy atom. The van der Waals surface area contributed by atoms with E-state index in [1.807, 2.05) is 0 Å². The molecule has 0 aliphatic heterocycles. The van der Waals surface area contributed by atoms with E-state index in [0.29, 0.717) is 5.41 Å². The van der Waals surface area contributed by atoms with Gasteiger partial charge in [0.15, 0.2) is 0 Å². The second-order valence-corrected chi connectivity index (χ2v) is 3.80. The zero-order chi connectivity index (χ0) is 7.94. The van der Waals surface area contributed by atoms with Crippen LogP contribution in [0.1, 0.15) is 34.6 Å². The molecular formula is C10H18F2. The summed E-state index contributed by atoms with van der Waals surface area (Å²) in [5.74, 6) is 0. The molecule has 0 bridgehead atoms. The highest BCUT2D eigenvalue weighted by Crippen LogP contribution is 2.39. The molecule has 0 N–H and O–H groups in total. The molecule has 1 rings (SSSR count). The van der Waals surface area contributed by atoms with Gasteiger partial charge in [-0.15, -0.1) is 0 Å². The van der Waals surface area contributed by atoms with Crippen molar-refractivity contribution in [2.75, 3.05) is 0 Å². The summed E-state index contributed by atoms with van der Waals surface area (Å²) in [6.45, 7) is 11.1. The van der Waals surface area contributed by atoms with Gasteiger partial charge in [0.25, 0.3) is 0 Å². The number of hydrogen-bond acceptors (Lipinski definition) is 0. The van der Waals surface area contributed by atoms with E-state index >= 15 is 0 Å². The van der Waals surface area contributed by atoms with E-state index < -0.39 is 0 Å². The van der Waals surface area contributed by atoms with E-state index in [-0.39, 0.29) is 9.41 Å². The van der Waals surface area contributed by atoms with Gasteiger partial charge in [0, 0.05) is 5.41 Å². The van der Waals surface area contributed by atoms with Crippen LogP contribution in [0.2, 0.25) is 0 Å². The molecule has 72 valence electrons. The Balaban J connectivity index is 0. The average Bonchev–Trinajstić information content (AvgIpc) is 1.95. The van der Waals surface area contributed by atoms with Gasteiger partial charge < -0.3 is 0 Å². The fraction of sp³-hybridized carbons (Fsp3) is 0.600. The minimum Gasteiger partial charge on any atom is -0.269 e. The summed E-state index contributed by atoms with van der Waals surface area (Å²) in [5.41, 5.74) is 4.76. The quantitative estimate of drug-likeness (QED) is 0.529. The second-order valence-electron chi connectivity index (χ2n) is 3.80. The molecule has 2 heteroatoms. The van der Waals surface area contributed by atoms with Gasteiger partial charge in [-0.2, -0.15) is 0 Å². The Morgan fingerprint density at radius 1 is 1.00 bits per heavy atom. The third-order valence-corrected chi connectivity index (χ3v) is 2.70. The van der Waals surface area contributed by atoms with Crippen LogP contribution in [0.15, 0.2) is 22.8 Å². The SMILES string of the molecule is CC1=CC(C)(C)C(C)=C1C.F.F. The molecule has 12 heavy (non-hydrogen) atoms. The fourth-order valence-corrected chi connectivity index (χ4v) is 1.54. The highest BCUT2D eigenvalue weighted by atomic mass is 19.0. The van der Waals surface area contributed by atoms with Crippen molar-refractivity contribution in [1.29, 1.82) is 0 Å². The molecule has 0 saturated heterocycles. The first-order chi connectivity index (χ1) is 4.45. The third kappa shape index (κ3) is 1.93. The first-order valence-corrected chi connectivity index (χ1v) is 3.83. The topological polar surface area (TPSA) is 0 Å². The van der Waals surface area contributed by atoms with Crippen LogP contribution in [0.5, 0.6) is 0 Å². The van der Waals surface area contributed by atoms with Gasteiger partial charge >= 0.3 is 0 Å². The molecule has 0 spiro atoms. The number of hydrogen-bond donors (Lipinski definition) is 0. The zero-order valence-corrected chi connectivity index (χ0v) is 8.39. The van der Waals surface area contributed by atoms with Crippen LogP contribution in [-0.2, 0) is 0 Å². The maximum atomic E-state index is 2.34. The van der Waals surface area contributed by atoms with Crippen LogP contribution >= 0.6 is 0 Å². The predicted molar refractivity (Wildman–Crippen MR) is 50.9 cm³/mol. The molecule has 1 aliphatic rings. The van der Waals surface area contributed by atoms with Crippen LogP contribution in [0.4, 0.5) is 9.41 Å². The van der Waals surface area contributed by atoms with Crippen LogP contribution < -0.4 is 0 Å². The normalized spacial score (nSPS) is 19.6. The van der Waals surface area contributed by atoms with Gasteiger partial charge in [0.05, 0.1) is 0 Å². The Bertz CT molecular complexity index is 222. The Kier molecular flexibility index (Phi) is 4.44. The zero-order valence-electron chi connectivity index (χ0n) is 8.39. The lowest BCUT2D eigenvalue weighted by atomic mass is 9.88. The molecule has 0 aromatic heterocycles. The van der Waals surface area contributed by atoms with E-state index in [9.17, 15) is 0 Å². The molecule has 0 amide bonds. The molecule has 0 aromatic carbocycles. The van der Waals surface area contributed by atoms with E-state index in [2.05, 4.69) is 40.7 Å². The van der Waals surface area contributed by atoms with Crippen molar-refractivity contribution in [1.82, 2.24) is 0 Å². The maximum absolute atomic E-state index is 2.34. The van der Waals surface area contributed by atoms with Crippen molar-refractivity contribution >= 4 is 0 Å². The molecule has 1 aliphatic carbocycles. The lowest BCUT2D eigenvalue weighted by Gasteiger charge is -2.17. The average molecular weight is 176 g/mol. The van der Waals surface area contributed by atoms with Crippen molar-refractivity contribution in [3.8, 4) is 0 Å². The molecule has 0 fully saturated rings. The highest BCUT2D eigenvalue weighted by Gasteiger charge is 2.24. The summed E-state index contributed by atoms with van der Waals surface area (Å²) in [6, 6.07) is 0. The first kappa shape index (κ1) is 13.9. The van der Waals surface area contributed by atoms with E-state index in [1.165, 1.54) is 16.7 Å². The van der Waals surface area contributed by atoms with Gasteiger partial charge in [-0.05, 0) is 26.3 Å². The Hall–Kier alpha value is -0.660. The van der Waals surface area contributed by atoms with Crippen LogP contribution in [0, 0.1) is 5.41 Å². The van der Waals surface area contributed by atoms with Gasteiger partial charge in [-0.25, -0.2) is 0 Å². The predicted octanol–water partition coefficient (Wildman–Crippen LogP) is 3.61. The largest absolute Gasteiger partial charge is 0.269 e. The summed E-state index contributed by atoms with van der Waals surface area (Å²) < 4.78 is 0. The molecule has 0 nitrogen and oxygen atoms in total. The van der Waals surface area contributed by atoms with E-state index in [4.69, 9.17) is 0 Å². The lowest BCUT2D eigenvalue weighted by Crippen LogP contribution is -2.05. The summed E-state index contributed by atoms with van der Waals surface area (Å²) in [6.07, 6.45) is 2.34. The third-order valence-electron chi connectivity index (χ3n) is 2.70. The standard InChI is InChI=1S/C10H16.2FH/c1-7-6-10(4,5)9(3)8(7)2;;/h6H,1-5H3;2*1H. The fourth-order valence-electron chi connectivity index (χ4n) is 1.54. The van der Waals surface area contributed by atoms with Gasteiger partial charge in [-0.3, -0.25) is 9.41 Å². The first-order valence-electron chi connectivity index (χ1n) is 3.83. The molecule has 0 aromatic rings. The van der Waals surface area contributed by atoms with Crippen molar-refractivity contribution in [2.24, 2.45) is 5.41 Å². The van der Waals surface area contributed by atoms with Gasteiger partial charge in [0.2, 0.25) is 0 Å². The van der Waals surface area contributed by atoms with E-state index in [0.717, 1.165) is 0 Å². The molecule has 0 atom stereocenters. The summed E-state index contributed by atoms with van der Waals surface area (Å²) in [5, 5.41) is 0. The smallest absolute Gasteiger partial charge is 0.00430 e. The number of allylic oxidation sites excluding steroid dienone is 4. The van der Waals surface area contributed by atoms with E-state index in [1.54, 1.807) is 0 Å². The number of rotatable bonds is 0. The van der Waals surface area contributed by atoms with Gasteiger partial charge in [0.1, 0.15) is 0 Å². The summed E-state index contributed by atoms with van der Waals surface area (Å²) in [7, 11) is 0. The highest BCUT2D eigenvalue weighted by molar-refractivity contribution is 5.44. The molecular weight excluding hydrogens is 158 g/mol. The van der Waals surface area contributed by atoms with Crippen LogP contribution in [0.25, 0.3) is 0 Å². The molecule has 0 unspecified atom stereocenters. The van der Waals surface area contributed by atoms with Crippen molar-refractivity contribution in [3.63, 3.8) is 0 Å². The van der Waals surface area contributed by atoms with Crippen molar-refractivity contribution < 1.29 is 9.41 Å². The minimum absolute atomic E-state index is 0. The minimum atomic E-state index is 0. The van der Waals surface area contributed by atoms with Crippen LogP contribution in [-0.4, -0.2) is 0 Å². The molecule has 0 saturated carbocycles. The summed E-state index contributed by atoms with van der Waals surface area (Å²) >= 11 is 0. The van der Waals surface area contributed by atoms with Gasteiger partial charge in [-0.1, -0.05) is 31.1 Å². The maximum Gasteiger partial charge on any atom is 0.00430 e. The number of halogens is 2. The van der Waals surface area contributed by atoms with Crippen molar-refractivity contribution in [2.45, 2.75) is 34.6 Å². The Morgan fingerprint density at radius 2 is 1.42 bits per heavy atom. The summed E-state index contributed by atoms with van der Waals surface area (Å²) in [4.78, 5) is 0. The molecule has 0 heterocycles. The molecule has 0 radical (unpaired) electrons. The Labute approximate surface area is 73.1 Å². The lowest BCUT2D eigenvalue weighted by molar-refractivity contribution is 0.587. The monoisotopic (exact) mass is 176 g/mol. The van der Waals surface area contributed by atoms with Crippen LogP contribution in [0.3, 0.4) is 0 Å². The second kappa shape index (κ2) is 3.83.